The third kappa shape index (κ3) is 4.98. The number of carbonyl (C=O) groups is 1. The standard InChI is InChI=1S/C17H25FN2O2/c1-17(2,3)22-16(21)19-15-9-13(10-20(4)11-15)12-6-5-7-14(18)8-12/h5-8,13,15H,9-11H2,1-4H3,(H,19,21). The first-order valence-electron chi connectivity index (χ1n) is 7.66. The minimum Gasteiger partial charge on any atom is -0.444 e. The minimum absolute atomic E-state index is 0.00173. The molecule has 1 N–H and O–H groups in total. The quantitative estimate of drug-likeness (QED) is 0.912. The highest BCUT2D eigenvalue weighted by molar-refractivity contribution is 5.68. The fourth-order valence-corrected chi connectivity index (χ4v) is 2.90. The van der Waals surface area contributed by atoms with Crippen LogP contribution in [-0.2, 0) is 4.74 Å². The number of likely N-dealkylation sites (tertiary alicyclic amines) is 1. The van der Waals surface area contributed by atoms with Crippen molar-refractivity contribution in [3.05, 3.63) is 35.6 Å². The van der Waals surface area contributed by atoms with Crippen molar-refractivity contribution in [3.63, 3.8) is 0 Å². The summed E-state index contributed by atoms with van der Waals surface area (Å²) in [5.74, 6) is -0.0169. The summed E-state index contributed by atoms with van der Waals surface area (Å²) in [5.41, 5.74) is 0.467. The normalized spacial score (nSPS) is 23.1. The maximum atomic E-state index is 13.4. The van der Waals surface area contributed by atoms with Crippen LogP contribution in [0.25, 0.3) is 0 Å². The lowest BCUT2D eigenvalue weighted by Gasteiger charge is -2.36. The van der Waals surface area contributed by atoms with E-state index in [1.807, 2.05) is 33.9 Å². The number of carbonyl (C=O) groups excluding carboxylic acids is 1. The van der Waals surface area contributed by atoms with Crippen LogP contribution in [0, 0.1) is 5.82 Å². The van der Waals surface area contributed by atoms with Crippen LogP contribution in [0.4, 0.5) is 9.18 Å². The van der Waals surface area contributed by atoms with Crippen molar-refractivity contribution in [2.45, 2.75) is 44.8 Å². The smallest absolute Gasteiger partial charge is 0.407 e. The van der Waals surface area contributed by atoms with Crippen molar-refractivity contribution in [1.29, 1.82) is 0 Å². The second kappa shape index (κ2) is 6.65. The second-order valence-electron chi connectivity index (χ2n) is 7.05. The maximum Gasteiger partial charge on any atom is 0.407 e. The van der Waals surface area contributed by atoms with Gasteiger partial charge in [0.15, 0.2) is 0 Å². The molecule has 22 heavy (non-hydrogen) atoms. The average molecular weight is 308 g/mol. The molecule has 1 heterocycles. The molecule has 2 unspecified atom stereocenters. The van der Waals surface area contributed by atoms with E-state index in [4.69, 9.17) is 4.74 Å². The van der Waals surface area contributed by atoms with Gasteiger partial charge in [0.1, 0.15) is 11.4 Å². The van der Waals surface area contributed by atoms with E-state index in [9.17, 15) is 9.18 Å². The summed E-state index contributed by atoms with van der Waals surface area (Å²) in [4.78, 5) is 14.1. The number of ether oxygens (including phenoxy) is 1. The van der Waals surface area contributed by atoms with Crippen molar-refractivity contribution in [3.8, 4) is 0 Å². The number of nitrogens with zero attached hydrogens (tertiary/aromatic N) is 1. The molecule has 2 rings (SSSR count). The van der Waals surface area contributed by atoms with Gasteiger partial charge in [-0.3, -0.25) is 0 Å². The van der Waals surface area contributed by atoms with Gasteiger partial charge in [0.2, 0.25) is 0 Å². The Morgan fingerprint density at radius 3 is 2.73 bits per heavy atom. The van der Waals surface area contributed by atoms with Gasteiger partial charge in [0.25, 0.3) is 0 Å². The van der Waals surface area contributed by atoms with E-state index in [0.717, 1.165) is 25.1 Å². The van der Waals surface area contributed by atoms with Gasteiger partial charge in [-0.2, -0.15) is 0 Å². The van der Waals surface area contributed by atoms with Gasteiger partial charge in [0, 0.05) is 19.1 Å². The highest BCUT2D eigenvalue weighted by Crippen LogP contribution is 2.27. The van der Waals surface area contributed by atoms with Crippen molar-refractivity contribution < 1.29 is 13.9 Å². The fourth-order valence-electron chi connectivity index (χ4n) is 2.90. The van der Waals surface area contributed by atoms with Gasteiger partial charge in [-0.15, -0.1) is 0 Å². The van der Waals surface area contributed by atoms with Gasteiger partial charge in [0.05, 0.1) is 0 Å². The van der Waals surface area contributed by atoms with Crippen LogP contribution >= 0.6 is 0 Å². The maximum absolute atomic E-state index is 13.4. The number of nitrogens with one attached hydrogen (secondary N) is 1. The van der Waals surface area contributed by atoms with Crippen LogP contribution in [0.3, 0.4) is 0 Å². The fraction of sp³-hybridized carbons (Fsp3) is 0.588. The van der Waals surface area contributed by atoms with Gasteiger partial charge in [-0.1, -0.05) is 12.1 Å². The number of hydrogen-bond acceptors (Lipinski definition) is 3. The Morgan fingerprint density at radius 2 is 2.09 bits per heavy atom. The Bertz CT molecular complexity index is 528. The van der Waals surface area contributed by atoms with Crippen LogP contribution in [0.2, 0.25) is 0 Å². The Hall–Kier alpha value is -1.62. The zero-order chi connectivity index (χ0) is 16.3. The topological polar surface area (TPSA) is 41.6 Å². The van der Waals surface area contributed by atoms with Crippen LogP contribution in [-0.4, -0.2) is 42.8 Å². The lowest BCUT2D eigenvalue weighted by molar-refractivity contribution is 0.0473. The first-order valence-corrected chi connectivity index (χ1v) is 7.66. The summed E-state index contributed by atoms with van der Waals surface area (Å²) >= 11 is 0. The highest BCUT2D eigenvalue weighted by atomic mass is 19.1. The Morgan fingerprint density at radius 1 is 1.36 bits per heavy atom. The van der Waals surface area contributed by atoms with Crippen LogP contribution in [0.1, 0.15) is 38.7 Å². The number of rotatable bonds is 2. The van der Waals surface area contributed by atoms with Crippen molar-refractivity contribution in [2.75, 3.05) is 20.1 Å². The lowest BCUT2D eigenvalue weighted by Crippen LogP contribution is -2.49. The third-order valence-corrected chi connectivity index (χ3v) is 3.67. The molecule has 2 atom stereocenters. The van der Waals surface area contributed by atoms with Crippen molar-refractivity contribution in [2.24, 2.45) is 0 Å². The van der Waals surface area contributed by atoms with Crippen molar-refractivity contribution >= 4 is 6.09 Å². The van der Waals surface area contributed by atoms with E-state index in [2.05, 4.69) is 10.2 Å². The summed E-state index contributed by atoms with van der Waals surface area (Å²) in [6.45, 7) is 7.15. The molecule has 1 aliphatic rings. The Labute approximate surface area is 131 Å². The molecule has 0 aliphatic carbocycles. The van der Waals surface area contributed by atoms with Gasteiger partial charge >= 0.3 is 6.09 Å². The molecule has 1 saturated heterocycles. The van der Waals surface area contributed by atoms with Gasteiger partial charge in [-0.05, 0) is 57.9 Å². The molecular weight excluding hydrogens is 283 g/mol. The summed E-state index contributed by atoms with van der Waals surface area (Å²) < 4.78 is 18.7. The van der Waals surface area contributed by atoms with Gasteiger partial charge in [-0.25, -0.2) is 9.18 Å². The number of benzene rings is 1. The zero-order valence-corrected chi connectivity index (χ0v) is 13.7. The number of halogens is 1. The molecule has 0 saturated carbocycles. The van der Waals surface area contributed by atoms with E-state index in [-0.39, 0.29) is 17.8 Å². The number of amides is 1. The van der Waals surface area contributed by atoms with E-state index in [1.54, 1.807) is 12.1 Å². The van der Waals surface area contributed by atoms with Gasteiger partial charge < -0.3 is 15.0 Å². The van der Waals surface area contributed by atoms with Crippen LogP contribution < -0.4 is 5.32 Å². The molecule has 1 aromatic rings. The van der Waals surface area contributed by atoms with E-state index >= 15 is 0 Å². The minimum atomic E-state index is -0.507. The van der Waals surface area contributed by atoms with Crippen molar-refractivity contribution in [1.82, 2.24) is 10.2 Å². The number of alkyl carbamates (subject to hydrolysis) is 1. The lowest BCUT2D eigenvalue weighted by atomic mass is 9.88. The molecule has 122 valence electrons. The molecule has 4 nitrogen and oxygen atoms in total. The summed E-state index contributed by atoms with van der Waals surface area (Å²) in [6, 6.07) is 6.70. The number of hydrogen-bond donors (Lipinski definition) is 1. The highest BCUT2D eigenvalue weighted by Gasteiger charge is 2.29. The molecule has 0 spiro atoms. The first kappa shape index (κ1) is 16.7. The SMILES string of the molecule is CN1CC(NC(=O)OC(C)(C)C)CC(c2cccc(F)c2)C1. The summed E-state index contributed by atoms with van der Waals surface area (Å²) in [6.07, 6.45) is 0.387. The van der Waals surface area contributed by atoms with E-state index in [0.29, 0.717) is 0 Å². The van der Waals surface area contributed by atoms with E-state index < -0.39 is 11.7 Å². The number of likely N-dealkylation sites (N-methyl/N-ethyl adjacent to an activating group) is 1. The molecule has 5 heteroatoms. The molecule has 1 amide bonds. The van der Waals surface area contributed by atoms with E-state index in [1.165, 1.54) is 6.07 Å². The van der Waals surface area contributed by atoms with Crippen LogP contribution in [0.5, 0.6) is 0 Å². The summed E-state index contributed by atoms with van der Waals surface area (Å²) in [7, 11) is 2.01. The predicted molar refractivity (Wildman–Crippen MR) is 84.4 cm³/mol. The molecule has 1 aromatic carbocycles. The monoisotopic (exact) mass is 308 g/mol. The molecule has 1 fully saturated rings. The Kier molecular flexibility index (Phi) is 5.06. The average Bonchev–Trinajstić information content (AvgIpc) is 2.35. The molecule has 1 aliphatic heterocycles. The second-order valence-corrected chi connectivity index (χ2v) is 7.05. The Balaban J connectivity index is 2.00. The molecule has 0 bridgehead atoms. The molecular formula is C17H25FN2O2. The first-order chi connectivity index (χ1) is 10.2. The predicted octanol–water partition coefficient (Wildman–Crippen LogP) is 3.14. The molecule has 0 aromatic heterocycles. The third-order valence-electron chi connectivity index (χ3n) is 3.67. The summed E-state index contributed by atoms with van der Waals surface area (Å²) in [5, 5.41) is 2.92. The molecule has 0 radical (unpaired) electrons. The number of piperidine rings is 1. The largest absolute Gasteiger partial charge is 0.444 e. The van der Waals surface area contributed by atoms with Crippen LogP contribution in [0.15, 0.2) is 24.3 Å². The zero-order valence-electron chi connectivity index (χ0n) is 13.7.